The zero-order chi connectivity index (χ0) is 11.8. The average molecular weight is 303 g/mol. The van der Waals surface area contributed by atoms with Gasteiger partial charge in [-0.3, -0.25) is 0 Å². The third-order valence-corrected chi connectivity index (χ3v) is 2.93. The minimum Gasteiger partial charge on any atom is -0.505 e. The first-order valence-electron chi connectivity index (χ1n) is 3.44. The monoisotopic (exact) mass is 302 g/mol. The molecule has 0 atom stereocenters. The summed E-state index contributed by atoms with van der Waals surface area (Å²) in [5, 5.41) is 13.0. The van der Waals surface area contributed by atoms with E-state index in [2.05, 4.69) is 20.9 Å². The fourth-order valence-electron chi connectivity index (χ4n) is 0.842. The summed E-state index contributed by atoms with van der Waals surface area (Å²) in [6, 6.07) is 0.599. The zero-order valence-electron chi connectivity index (χ0n) is 6.99. The normalized spacial score (nSPS) is 12.1. The van der Waals surface area contributed by atoms with Crippen LogP contribution >= 0.6 is 15.9 Å². The van der Waals surface area contributed by atoms with Crippen molar-refractivity contribution in [2.24, 2.45) is 5.14 Å². The number of nitrogens with two attached hydrogens (primary N) is 1. The molecular formula is C6H5BrF2N2O3S. The van der Waals surface area contributed by atoms with Crippen LogP contribution in [-0.4, -0.2) is 18.5 Å². The Morgan fingerprint density at radius 3 is 2.47 bits per heavy atom. The summed E-state index contributed by atoms with van der Waals surface area (Å²) in [7, 11) is -4.23. The minimum absolute atomic E-state index is 0.376. The van der Waals surface area contributed by atoms with E-state index in [-0.39, 0.29) is 4.60 Å². The predicted octanol–water partition coefficient (Wildman–Crippen LogP) is 1.13. The number of rotatable bonds is 2. The fraction of sp³-hybridized carbons (Fsp3) is 0.167. The van der Waals surface area contributed by atoms with Crippen LogP contribution in [-0.2, 0) is 10.0 Å². The molecule has 1 heterocycles. The van der Waals surface area contributed by atoms with E-state index in [1.165, 1.54) is 0 Å². The number of hydrogen-bond acceptors (Lipinski definition) is 4. The summed E-state index contributed by atoms with van der Waals surface area (Å²) in [6.45, 7) is 0. The van der Waals surface area contributed by atoms with Crippen LogP contribution in [0, 0.1) is 0 Å². The first kappa shape index (κ1) is 12.3. The van der Waals surface area contributed by atoms with Crippen molar-refractivity contribution < 1.29 is 22.3 Å². The zero-order valence-corrected chi connectivity index (χ0v) is 9.39. The second-order valence-corrected chi connectivity index (χ2v) is 4.77. The molecule has 0 aliphatic heterocycles. The van der Waals surface area contributed by atoms with Gasteiger partial charge in [-0.1, -0.05) is 0 Å². The summed E-state index contributed by atoms with van der Waals surface area (Å²) in [5.74, 6) is -0.906. The lowest BCUT2D eigenvalue weighted by Gasteiger charge is -2.06. The number of hydrogen-bond donors (Lipinski definition) is 2. The van der Waals surface area contributed by atoms with Gasteiger partial charge in [0.15, 0.2) is 5.75 Å². The molecule has 0 saturated carbocycles. The molecule has 0 fully saturated rings. The van der Waals surface area contributed by atoms with Crippen molar-refractivity contribution in [3.8, 4) is 5.75 Å². The second-order valence-electron chi connectivity index (χ2n) is 2.54. The van der Waals surface area contributed by atoms with Crippen LogP contribution in [0.1, 0.15) is 12.0 Å². The van der Waals surface area contributed by atoms with Gasteiger partial charge in [0.25, 0.3) is 16.4 Å². The van der Waals surface area contributed by atoms with Gasteiger partial charge in [0.05, 0.1) is 5.56 Å². The summed E-state index contributed by atoms with van der Waals surface area (Å²) in [4.78, 5) is 3.24. The average Bonchev–Trinajstić information content (AvgIpc) is 2.06. The molecule has 0 amide bonds. The maximum absolute atomic E-state index is 12.3. The van der Waals surface area contributed by atoms with Crippen molar-refractivity contribution in [3.05, 3.63) is 16.2 Å². The Hall–Kier alpha value is -0.800. The quantitative estimate of drug-likeness (QED) is 0.801. The van der Waals surface area contributed by atoms with Crippen molar-refractivity contribution in [2.75, 3.05) is 0 Å². The number of sulfonamides is 1. The summed E-state index contributed by atoms with van der Waals surface area (Å²) in [5.41, 5.74) is -0.611. The van der Waals surface area contributed by atoms with Gasteiger partial charge < -0.3 is 5.11 Å². The van der Waals surface area contributed by atoms with Gasteiger partial charge >= 0.3 is 0 Å². The van der Waals surface area contributed by atoms with Gasteiger partial charge in [-0.25, -0.2) is 27.3 Å². The van der Waals surface area contributed by atoms with Crippen LogP contribution in [0.25, 0.3) is 0 Å². The molecule has 0 spiro atoms. The first-order chi connectivity index (χ1) is 6.73. The Kier molecular flexibility index (Phi) is 3.26. The van der Waals surface area contributed by atoms with E-state index in [0.717, 1.165) is 0 Å². The molecule has 3 N–H and O–H groups in total. The number of pyridine rings is 1. The minimum atomic E-state index is -4.23. The van der Waals surface area contributed by atoms with E-state index in [0.29, 0.717) is 6.07 Å². The van der Waals surface area contributed by atoms with Crippen LogP contribution in [0.3, 0.4) is 0 Å². The number of aromatic hydroxyl groups is 1. The van der Waals surface area contributed by atoms with Gasteiger partial charge in [0.2, 0.25) is 5.03 Å². The predicted molar refractivity (Wildman–Crippen MR) is 49.9 cm³/mol. The number of alkyl halides is 2. The van der Waals surface area contributed by atoms with Crippen molar-refractivity contribution in [1.29, 1.82) is 0 Å². The summed E-state index contributed by atoms with van der Waals surface area (Å²) < 4.78 is 45.8. The Balaban J connectivity index is 3.46. The number of halogens is 3. The molecule has 1 rings (SSSR count). The molecule has 0 radical (unpaired) electrons. The molecule has 0 aliphatic carbocycles. The maximum atomic E-state index is 12.3. The molecule has 0 unspecified atom stereocenters. The molecule has 1 aromatic heterocycles. The van der Waals surface area contributed by atoms with Crippen molar-refractivity contribution in [2.45, 2.75) is 11.5 Å². The van der Waals surface area contributed by atoms with E-state index >= 15 is 0 Å². The molecule has 0 aromatic carbocycles. The standard InChI is InChI=1S/C6H5BrF2N2O3S/c7-4-2(5(8)9)1-3(12)6(11-4)15(10,13)14/h1,5,12H,(H2,10,13,14). The van der Waals surface area contributed by atoms with Gasteiger partial charge in [0, 0.05) is 0 Å². The lowest BCUT2D eigenvalue weighted by molar-refractivity contribution is 0.149. The number of nitrogens with zero attached hydrogens (tertiary/aromatic N) is 1. The van der Waals surface area contributed by atoms with Crippen LogP contribution < -0.4 is 5.14 Å². The van der Waals surface area contributed by atoms with Crippen molar-refractivity contribution in [1.82, 2.24) is 4.98 Å². The van der Waals surface area contributed by atoms with Gasteiger partial charge in [0.1, 0.15) is 4.60 Å². The van der Waals surface area contributed by atoms with E-state index < -0.39 is 32.8 Å². The molecule has 84 valence electrons. The van der Waals surface area contributed by atoms with Gasteiger partial charge in [-0.2, -0.15) is 0 Å². The SMILES string of the molecule is NS(=O)(=O)c1nc(Br)c(C(F)F)cc1O. The van der Waals surface area contributed by atoms with E-state index in [1.807, 2.05) is 0 Å². The Labute approximate surface area is 92.1 Å². The molecular weight excluding hydrogens is 298 g/mol. The van der Waals surface area contributed by atoms with Crippen LogP contribution in [0.4, 0.5) is 8.78 Å². The topological polar surface area (TPSA) is 93.3 Å². The van der Waals surface area contributed by atoms with E-state index in [1.54, 1.807) is 0 Å². The Morgan fingerprint density at radius 1 is 1.53 bits per heavy atom. The Morgan fingerprint density at radius 2 is 2.07 bits per heavy atom. The van der Waals surface area contributed by atoms with Gasteiger partial charge in [-0.05, 0) is 22.0 Å². The largest absolute Gasteiger partial charge is 0.505 e. The highest BCUT2D eigenvalue weighted by Crippen LogP contribution is 2.31. The summed E-state index contributed by atoms with van der Waals surface area (Å²) >= 11 is 2.65. The maximum Gasteiger partial charge on any atom is 0.266 e. The highest BCUT2D eigenvalue weighted by atomic mass is 79.9. The molecule has 9 heteroatoms. The lowest BCUT2D eigenvalue weighted by Crippen LogP contribution is -2.14. The van der Waals surface area contributed by atoms with Crippen LogP contribution in [0.2, 0.25) is 0 Å². The fourth-order valence-corrected chi connectivity index (χ4v) is 1.99. The van der Waals surface area contributed by atoms with Crippen LogP contribution in [0.5, 0.6) is 5.75 Å². The molecule has 0 aliphatic rings. The molecule has 1 aromatic rings. The Bertz CT molecular complexity index is 491. The third kappa shape index (κ3) is 2.61. The lowest BCUT2D eigenvalue weighted by atomic mass is 10.3. The third-order valence-electron chi connectivity index (χ3n) is 1.45. The number of primary sulfonamides is 1. The second kappa shape index (κ2) is 3.99. The number of aromatic nitrogens is 1. The molecule has 0 saturated heterocycles. The van der Waals surface area contributed by atoms with Crippen molar-refractivity contribution in [3.63, 3.8) is 0 Å². The van der Waals surface area contributed by atoms with Gasteiger partial charge in [-0.15, -0.1) is 0 Å². The highest BCUT2D eigenvalue weighted by Gasteiger charge is 2.22. The molecule has 5 nitrogen and oxygen atoms in total. The highest BCUT2D eigenvalue weighted by molar-refractivity contribution is 9.10. The van der Waals surface area contributed by atoms with Crippen molar-refractivity contribution >= 4 is 26.0 Å². The van der Waals surface area contributed by atoms with Crippen LogP contribution in [0.15, 0.2) is 15.7 Å². The molecule has 15 heavy (non-hydrogen) atoms. The van der Waals surface area contributed by atoms with E-state index in [9.17, 15) is 17.2 Å². The summed E-state index contributed by atoms with van der Waals surface area (Å²) in [6.07, 6.45) is -2.88. The first-order valence-corrected chi connectivity index (χ1v) is 5.77. The van der Waals surface area contributed by atoms with E-state index in [4.69, 9.17) is 10.2 Å². The molecule has 0 bridgehead atoms. The smallest absolute Gasteiger partial charge is 0.266 e.